The molecule has 0 aliphatic heterocycles. The van der Waals surface area contributed by atoms with E-state index in [0.717, 1.165) is 23.5 Å². The molecule has 2 heterocycles. The Morgan fingerprint density at radius 3 is 2.60 bits per heavy atom. The van der Waals surface area contributed by atoms with Crippen LogP contribution in [0.2, 0.25) is 5.02 Å². The molecule has 20 heavy (non-hydrogen) atoms. The summed E-state index contributed by atoms with van der Waals surface area (Å²) < 4.78 is 3.87. The van der Waals surface area contributed by atoms with Gasteiger partial charge in [0.25, 0.3) is 0 Å². The fourth-order valence-electron chi connectivity index (χ4n) is 2.44. The molecule has 2 rings (SSSR count). The number of rotatable bonds is 5. The largest absolute Gasteiger partial charge is 0.307 e. The van der Waals surface area contributed by atoms with Gasteiger partial charge in [-0.2, -0.15) is 10.2 Å². The normalized spacial score (nSPS) is 13.2. The van der Waals surface area contributed by atoms with Crippen LogP contribution < -0.4 is 5.32 Å². The van der Waals surface area contributed by atoms with Crippen molar-refractivity contribution in [1.29, 1.82) is 0 Å². The van der Waals surface area contributed by atoms with Crippen molar-refractivity contribution in [2.45, 2.75) is 39.3 Å². The zero-order valence-corrected chi connectivity index (χ0v) is 13.4. The van der Waals surface area contributed by atoms with Crippen molar-refractivity contribution in [3.05, 3.63) is 34.4 Å². The van der Waals surface area contributed by atoms with Gasteiger partial charge in [-0.25, -0.2) is 0 Å². The van der Waals surface area contributed by atoms with E-state index in [0.29, 0.717) is 5.02 Å². The van der Waals surface area contributed by atoms with Gasteiger partial charge in [0.1, 0.15) is 0 Å². The smallest absolute Gasteiger partial charge is 0.0931 e. The van der Waals surface area contributed by atoms with E-state index in [1.54, 1.807) is 6.20 Å². The predicted octanol–water partition coefficient (Wildman–Crippen LogP) is 2.72. The summed E-state index contributed by atoms with van der Waals surface area (Å²) >= 11 is 6.35. The van der Waals surface area contributed by atoms with Crippen LogP contribution in [0.5, 0.6) is 0 Å². The number of aryl methyl sites for hydroxylation is 2. The van der Waals surface area contributed by atoms with Gasteiger partial charge in [-0.15, -0.1) is 0 Å². The van der Waals surface area contributed by atoms with E-state index in [-0.39, 0.29) is 12.1 Å². The van der Waals surface area contributed by atoms with Gasteiger partial charge in [-0.3, -0.25) is 9.36 Å². The topological polar surface area (TPSA) is 47.7 Å². The van der Waals surface area contributed by atoms with Crippen molar-refractivity contribution >= 4 is 11.6 Å². The first-order valence-electron chi connectivity index (χ1n) is 6.92. The van der Waals surface area contributed by atoms with Crippen molar-refractivity contribution in [2.75, 3.05) is 7.05 Å². The van der Waals surface area contributed by atoms with E-state index < -0.39 is 0 Å². The SMILES string of the molecule is CCc1cc(C(NC)c2c(Cl)cnn2C(C)C)n(C)n1. The highest BCUT2D eigenvalue weighted by Crippen LogP contribution is 2.30. The van der Waals surface area contributed by atoms with Gasteiger partial charge in [-0.1, -0.05) is 18.5 Å². The zero-order valence-electron chi connectivity index (χ0n) is 12.7. The molecule has 0 aliphatic carbocycles. The molecule has 0 radical (unpaired) electrons. The second-order valence-corrected chi connectivity index (χ2v) is 5.58. The van der Waals surface area contributed by atoms with E-state index in [9.17, 15) is 0 Å². The summed E-state index contributed by atoms with van der Waals surface area (Å²) in [4.78, 5) is 0. The minimum atomic E-state index is -0.0230. The predicted molar refractivity (Wildman–Crippen MR) is 81.1 cm³/mol. The number of hydrogen-bond acceptors (Lipinski definition) is 3. The van der Waals surface area contributed by atoms with Gasteiger partial charge in [-0.05, 0) is 33.4 Å². The van der Waals surface area contributed by atoms with Crippen LogP contribution in [-0.2, 0) is 13.5 Å². The van der Waals surface area contributed by atoms with Crippen molar-refractivity contribution < 1.29 is 0 Å². The number of aromatic nitrogens is 4. The fourth-order valence-corrected chi connectivity index (χ4v) is 2.68. The third kappa shape index (κ3) is 2.60. The number of hydrogen-bond donors (Lipinski definition) is 1. The van der Waals surface area contributed by atoms with Gasteiger partial charge in [0, 0.05) is 13.1 Å². The van der Waals surface area contributed by atoms with Gasteiger partial charge < -0.3 is 5.32 Å². The Balaban J connectivity index is 2.52. The minimum Gasteiger partial charge on any atom is -0.307 e. The maximum absolute atomic E-state index is 6.35. The lowest BCUT2D eigenvalue weighted by molar-refractivity contribution is 0.474. The molecule has 0 amide bonds. The molecule has 0 fully saturated rings. The van der Waals surface area contributed by atoms with E-state index in [1.807, 2.05) is 23.5 Å². The monoisotopic (exact) mass is 295 g/mol. The average Bonchev–Trinajstić information content (AvgIpc) is 2.96. The Labute approximate surface area is 124 Å². The second kappa shape index (κ2) is 5.97. The van der Waals surface area contributed by atoms with Crippen LogP contribution in [0.25, 0.3) is 0 Å². The van der Waals surface area contributed by atoms with Gasteiger partial charge in [0.05, 0.1) is 34.3 Å². The van der Waals surface area contributed by atoms with E-state index >= 15 is 0 Å². The molecule has 6 heteroatoms. The van der Waals surface area contributed by atoms with Crippen LogP contribution in [0.15, 0.2) is 12.3 Å². The molecular formula is C14H22ClN5. The Bertz CT molecular complexity index is 584. The highest BCUT2D eigenvalue weighted by molar-refractivity contribution is 6.31. The first-order chi connectivity index (χ1) is 9.49. The highest BCUT2D eigenvalue weighted by atomic mass is 35.5. The summed E-state index contributed by atoms with van der Waals surface area (Å²) in [5, 5.41) is 12.9. The van der Waals surface area contributed by atoms with Gasteiger partial charge >= 0.3 is 0 Å². The lowest BCUT2D eigenvalue weighted by Gasteiger charge is -2.20. The maximum atomic E-state index is 6.35. The first kappa shape index (κ1) is 15.1. The molecule has 0 aromatic carbocycles. The minimum absolute atomic E-state index is 0.0230. The summed E-state index contributed by atoms with van der Waals surface area (Å²) in [5.41, 5.74) is 3.15. The molecule has 1 atom stereocenters. The number of halogens is 1. The average molecular weight is 296 g/mol. The molecule has 5 nitrogen and oxygen atoms in total. The lowest BCUT2D eigenvalue weighted by atomic mass is 10.1. The second-order valence-electron chi connectivity index (χ2n) is 5.18. The Kier molecular flexibility index (Phi) is 4.50. The molecule has 1 unspecified atom stereocenters. The Morgan fingerprint density at radius 1 is 1.40 bits per heavy atom. The molecule has 0 saturated heterocycles. The maximum Gasteiger partial charge on any atom is 0.0931 e. The van der Waals surface area contributed by atoms with E-state index in [2.05, 4.69) is 42.4 Å². The van der Waals surface area contributed by atoms with Crippen molar-refractivity contribution in [1.82, 2.24) is 24.9 Å². The molecule has 0 aliphatic rings. The lowest BCUT2D eigenvalue weighted by Crippen LogP contribution is -2.24. The molecule has 0 saturated carbocycles. The molecule has 110 valence electrons. The van der Waals surface area contributed by atoms with Crippen LogP contribution in [0, 0.1) is 0 Å². The van der Waals surface area contributed by atoms with Crippen LogP contribution in [-0.4, -0.2) is 26.6 Å². The molecule has 2 aromatic heterocycles. The van der Waals surface area contributed by atoms with Crippen molar-refractivity contribution in [2.24, 2.45) is 7.05 Å². The number of nitrogens with zero attached hydrogens (tertiary/aromatic N) is 4. The van der Waals surface area contributed by atoms with E-state index in [4.69, 9.17) is 11.6 Å². The van der Waals surface area contributed by atoms with E-state index in [1.165, 1.54) is 0 Å². The summed E-state index contributed by atoms with van der Waals surface area (Å²) in [6.45, 7) is 6.30. The molecule has 0 spiro atoms. The standard InChI is InChI=1S/C14H22ClN5/c1-6-10-7-12(19(5)18-10)13(16-4)14-11(15)8-17-20(14)9(2)3/h7-9,13,16H,6H2,1-5H3. The quantitative estimate of drug-likeness (QED) is 0.922. The third-order valence-corrected chi connectivity index (χ3v) is 3.75. The van der Waals surface area contributed by atoms with Crippen molar-refractivity contribution in [3.8, 4) is 0 Å². The first-order valence-corrected chi connectivity index (χ1v) is 7.30. The summed E-state index contributed by atoms with van der Waals surface area (Å²) in [7, 11) is 3.89. The summed E-state index contributed by atoms with van der Waals surface area (Å²) in [5.74, 6) is 0. The van der Waals surface area contributed by atoms with Gasteiger partial charge in [0.2, 0.25) is 0 Å². The summed E-state index contributed by atoms with van der Waals surface area (Å²) in [6.07, 6.45) is 2.62. The molecule has 0 bridgehead atoms. The Morgan fingerprint density at radius 2 is 2.10 bits per heavy atom. The van der Waals surface area contributed by atoms with Crippen LogP contribution >= 0.6 is 11.6 Å². The highest BCUT2D eigenvalue weighted by Gasteiger charge is 2.24. The molecule has 2 aromatic rings. The Hall–Kier alpha value is -1.33. The molecule has 1 N–H and O–H groups in total. The van der Waals surface area contributed by atoms with Crippen LogP contribution in [0.1, 0.15) is 49.9 Å². The zero-order chi connectivity index (χ0) is 14.9. The fraction of sp³-hybridized carbons (Fsp3) is 0.571. The summed E-state index contributed by atoms with van der Waals surface area (Å²) in [6, 6.07) is 2.35. The molecular weight excluding hydrogens is 274 g/mol. The van der Waals surface area contributed by atoms with Crippen LogP contribution in [0.3, 0.4) is 0 Å². The van der Waals surface area contributed by atoms with Crippen molar-refractivity contribution in [3.63, 3.8) is 0 Å². The van der Waals surface area contributed by atoms with Crippen LogP contribution in [0.4, 0.5) is 0 Å². The third-order valence-electron chi connectivity index (χ3n) is 3.46. The number of nitrogens with one attached hydrogen (secondary N) is 1. The van der Waals surface area contributed by atoms with Gasteiger partial charge in [0.15, 0.2) is 0 Å².